The number of ether oxygens (including phenoxy) is 1. The van der Waals surface area contributed by atoms with Crippen molar-refractivity contribution in [3.63, 3.8) is 0 Å². The molecular formula is C36H38Cl3N3O5S. The Hall–Kier alpha value is -3.76. The van der Waals surface area contributed by atoms with E-state index in [9.17, 15) is 18.0 Å². The molecule has 0 aliphatic heterocycles. The summed E-state index contributed by atoms with van der Waals surface area (Å²) in [4.78, 5) is 29.9. The summed E-state index contributed by atoms with van der Waals surface area (Å²) in [6.45, 7) is 5.89. The molecule has 0 aliphatic carbocycles. The lowest BCUT2D eigenvalue weighted by Gasteiger charge is -2.34. The standard InChI is InChI=1S/C36H38Cl3N3O5S/c1-4-47-31-16-14-30(15-17-31)42(48(45,46)32-18-12-28(37)13-19-32)24-35(43)41(23-27-10-11-29(38)21-33(27)39)34(36(44)40-22-25(2)3)20-26-8-6-5-7-9-26/h5-19,21,25,34H,4,20,22-24H2,1-3H3,(H,40,44)/t34-/m0/s1. The second-order valence-electron chi connectivity index (χ2n) is 11.5. The van der Waals surface area contributed by atoms with E-state index < -0.39 is 28.5 Å². The van der Waals surface area contributed by atoms with Gasteiger partial charge in [0, 0.05) is 34.6 Å². The summed E-state index contributed by atoms with van der Waals surface area (Å²) < 4.78 is 35.0. The first-order valence-electron chi connectivity index (χ1n) is 15.4. The molecule has 2 amide bonds. The second kappa shape index (κ2) is 17.1. The zero-order valence-electron chi connectivity index (χ0n) is 26.9. The lowest BCUT2D eigenvalue weighted by molar-refractivity contribution is -0.140. The second-order valence-corrected chi connectivity index (χ2v) is 14.6. The van der Waals surface area contributed by atoms with E-state index in [0.29, 0.717) is 39.5 Å². The molecule has 4 aromatic carbocycles. The average molecular weight is 731 g/mol. The summed E-state index contributed by atoms with van der Waals surface area (Å²) in [5.74, 6) is -0.298. The zero-order valence-corrected chi connectivity index (χ0v) is 30.0. The van der Waals surface area contributed by atoms with Gasteiger partial charge in [0.1, 0.15) is 18.3 Å². The average Bonchev–Trinajstić information content (AvgIpc) is 3.06. The molecule has 8 nitrogen and oxygen atoms in total. The maximum atomic E-state index is 14.6. The minimum Gasteiger partial charge on any atom is -0.494 e. The Kier molecular flexibility index (Phi) is 13.2. The number of hydrogen-bond donors (Lipinski definition) is 1. The molecule has 48 heavy (non-hydrogen) atoms. The minimum absolute atomic E-state index is 0.0589. The monoisotopic (exact) mass is 729 g/mol. The number of nitrogens with one attached hydrogen (secondary N) is 1. The molecule has 0 aromatic heterocycles. The Labute approximate surface area is 297 Å². The fourth-order valence-corrected chi connectivity index (χ4v) is 6.96. The summed E-state index contributed by atoms with van der Waals surface area (Å²) in [7, 11) is -4.30. The number of rotatable bonds is 15. The predicted octanol–water partition coefficient (Wildman–Crippen LogP) is 7.65. The molecule has 0 saturated carbocycles. The highest BCUT2D eigenvalue weighted by molar-refractivity contribution is 7.92. The van der Waals surface area contributed by atoms with Gasteiger partial charge in [-0.25, -0.2) is 8.42 Å². The van der Waals surface area contributed by atoms with Crippen LogP contribution in [0.5, 0.6) is 5.75 Å². The molecule has 0 unspecified atom stereocenters. The van der Waals surface area contributed by atoms with Gasteiger partial charge in [0.2, 0.25) is 11.8 Å². The van der Waals surface area contributed by atoms with Crippen LogP contribution in [0.2, 0.25) is 15.1 Å². The maximum absolute atomic E-state index is 14.6. The van der Waals surface area contributed by atoms with Gasteiger partial charge in [-0.1, -0.05) is 85.0 Å². The smallest absolute Gasteiger partial charge is 0.264 e. The third-order valence-corrected chi connectivity index (χ3v) is 10.1. The van der Waals surface area contributed by atoms with Crippen molar-refractivity contribution in [3.8, 4) is 5.75 Å². The van der Waals surface area contributed by atoms with Crippen LogP contribution in [0.3, 0.4) is 0 Å². The maximum Gasteiger partial charge on any atom is 0.264 e. The van der Waals surface area contributed by atoms with Crippen LogP contribution in [0.4, 0.5) is 5.69 Å². The van der Waals surface area contributed by atoms with E-state index in [2.05, 4.69) is 5.32 Å². The van der Waals surface area contributed by atoms with Gasteiger partial charge >= 0.3 is 0 Å². The number of nitrogens with zero attached hydrogens (tertiary/aromatic N) is 2. The van der Waals surface area contributed by atoms with Gasteiger partial charge in [-0.2, -0.15) is 0 Å². The van der Waals surface area contributed by atoms with Crippen molar-refractivity contribution >= 4 is 62.3 Å². The third kappa shape index (κ3) is 9.89. The summed E-state index contributed by atoms with van der Waals surface area (Å²) >= 11 is 18.8. The van der Waals surface area contributed by atoms with Crippen molar-refractivity contribution < 1.29 is 22.7 Å². The first-order chi connectivity index (χ1) is 22.9. The van der Waals surface area contributed by atoms with Gasteiger partial charge in [0.15, 0.2) is 0 Å². The Bertz CT molecular complexity index is 1790. The molecule has 0 saturated heterocycles. The van der Waals surface area contributed by atoms with Crippen molar-refractivity contribution in [1.82, 2.24) is 10.2 Å². The third-order valence-electron chi connectivity index (χ3n) is 7.43. The van der Waals surface area contributed by atoms with Crippen LogP contribution in [0.1, 0.15) is 31.9 Å². The normalized spacial score (nSPS) is 12.0. The molecule has 0 aliphatic rings. The first-order valence-corrected chi connectivity index (χ1v) is 18.0. The molecule has 1 atom stereocenters. The van der Waals surface area contributed by atoms with Crippen LogP contribution in [-0.4, -0.2) is 50.9 Å². The molecular weight excluding hydrogens is 693 g/mol. The van der Waals surface area contributed by atoms with Gasteiger partial charge in [-0.3, -0.25) is 13.9 Å². The van der Waals surface area contributed by atoms with Gasteiger partial charge in [0.05, 0.1) is 17.2 Å². The summed E-state index contributed by atoms with van der Waals surface area (Å²) in [6, 6.07) is 25.3. The van der Waals surface area contributed by atoms with Crippen molar-refractivity contribution in [1.29, 1.82) is 0 Å². The van der Waals surface area contributed by atoms with Gasteiger partial charge < -0.3 is 15.0 Å². The molecule has 0 spiro atoms. The highest BCUT2D eigenvalue weighted by atomic mass is 35.5. The topological polar surface area (TPSA) is 96.0 Å². The Morgan fingerprint density at radius 3 is 2.10 bits per heavy atom. The summed E-state index contributed by atoms with van der Waals surface area (Å²) in [5.41, 5.74) is 1.59. The molecule has 4 aromatic rings. The number of amides is 2. The van der Waals surface area contributed by atoms with Gasteiger partial charge in [-0.05, 0) is 84.6 Å². The Morgan fingerprint density at radius 2 is 1.50 bits per heavy atom. The van der Waals surface area contributed by atoms with E-state index in [1.54, 1.807) is 42.5 Å². The number of hydrogen-bond acceptors (Lipinski definition) is 5. The molecule has 0 heterocycles. The predicted molar refractivity (Wildman–Crippen MR) is 192 cm³/mol. The summed E-state index contributed by atoms with van der Waals surface area (Å²) in [5, 5.41) is 4.04. The first kappa shape index (κ1) is 37.1. The van der Waals surface area contributed by atoms with Crippen molar-refractivity contribution in [2.24, 2.45) is 5.92 Å². The number of sulfonamides is 1. The minimum atomic E-state index is -4.30. The van der Waals surface area contributed by atoms with Crippen LogP contribution < -0.4 is 14.4 Å². The zero-order chi connectivity index (χ0) is 34.8. The Morgan fingerprint density at radius 1 is 0.854 bits per heavy atom. The molecule has 12 heteroatoms. The quantitative estimate of drug-likeness (QED) is 0.136. The number of halogens is 3. The van der Waals surface area contributed by atoms with E-state index in [-0.39, 0.29) is 35.4 Å². The molecule has 0 radical (unpaired) electrons. The molecule has 4 rings (SSSR count). The molecule has 0 bridgehead atoms. The van der Waals surface area contributed by atoms with E-state index in [4.69, 9.17) is 39.5 Å². The lowest BCUT2D eigenvalue weighted by Crippen LogP contribution is -2.53. The van der Waals surface area contributed by atoms with E-state index in [1.165, 1.54) is 29.2 Å². The highest BCUT2D eigenvalue weighted by Gasteiger charge is 2.35. The van der Waals surface area contributed by atoms with E-state index >= 15 is 0 Å². The van der Waals surface area contributed by atoms with Crippen LogP contribution in [0, 0.1) is 5.92 Å². The largest absolute Gasteiger partial charge is 0.494 e. The van der Waals surface area contributed by atoms with Gasteiger partial charge in [0.25, 0.3) is 10.0 Å². The van der Waals surface area contributed by atoms with Crippen LogP contribution in [-0.2, 0) is 32.6 Å². The molecule has 0 fully saturated rings. The number of anilines is 1. The summed E-state index contributed by atoms with van der Waals surface area (Å²) in [6.07, 6.45) is 0.175. The number of benzene rings is 4. The number of carbonyl (C=O) groups excluding carboxylic acids is 2. The van der Waals surface area contributed by atoms with Crippen molar-refractivity contribution in [2.75, 3.05) is 24.0 Å². The van der Waals surface area contributed by atoms with Crippen LogP contribution >= 0.6 is 34.8 Å². The van der Waals surface area contributed by atoms with Crippen molar-refractivity contribution in [3.05, 3.63) is 123 Å². The van der Waals surface area contributed by atoms with Crippen molar-refractivity contribution in [2.45, 2.75) is 44.7 Å². The van der Waals surface area contributed by atoms with E-state index in [1.807, 2.05) is 51.1 Å². The highest BCUT2D eigenvalue weighted by Crippen LogP contribution is 2.29. The van der Waals surface area contributed by atoms with Crippen LogP contribution in [0.25, 0.3) is 0 Å². The van der Waals surface area contributed by atoms with E-state index in [0.717, 1.165) is 9.87 Å². The molecule has 254 valence electrons. The Balaban J connectivity index is 1.82. The van der Waals surface area contributed by atoms with Crippen LogP contribution in [0.15, 0.2) is 102 Å². The fraction of sp³-hybridized carbons (Fsp3) is 0.278. The SMILES string of the molecule is CCOc1ccc(N(CC(=O)N(Cc2ccc(Cl)cc2Cl)[C@@H](Cc2ccccc2)C(=O)NCC(C)C)S(=O)(=O)c2ccc(Cl)cc2)cc1. The molecule has 1 N–H and O–H groups in total. The fourth-order valence-electron chi connectivity index (χ4n) is 4.95. The number of carbonyl (C=O) groups is 2. The lowest BCUT2D eigenvalue weighted by atomic mass is 10.0. The van der Waals surface area contributed by atoms with Gasteiger partial charge in [-0.15, -0.1) is 0 Å².